The predicted molar refractivity (Wildman–Crippen MR) is 94.6 cm³/mol. The monoisotopic (exact) mass is 321 g/mol. The van der Waals surface area contributed by atoms with Gasteiger partial charge in [-0.3, -0.25) is 4.90 Å². The Morgan fingerprint density at radius 3 is 2.35 bits per heavy atom. The van der Waals surface area contributed by atoms with E-state index in [9.17, 15) is 4.79 Å². The molecule has 1 N–H and O–H groups in total. The Kier molecular flexibility index (Phi) is 5.84. The maximum atomic E-state index is 12.6. The van der Waals surface area contributed by atoms with E-state index in [1.165, 1.54) is 77.3 Å². The van der Waals surface area contributed by atoms with Gasteiger partial charge in [0.1, 0.15) is 0 Å². The number of hydrogen-bond donors (Lipinski definition) is 1. The van der Waals surface area contributed by atoms with Gasteiger partial charge in [0.15, 0.2) is 0 Å². The van der Waals surface area contributed by atoms with Gasteiger partial charge in [0.2, 0.25) is 0 Å². The predicted octanol–water partition coefficient (Wildman–Crippen LogP) is 3.62. The van der Waals surface area contributed by atoms with Crippen LogP contribution in [0.5, 0.6) is 0 Å². The lowest BCUT2D eigenvalue weighted by molar-refractivity contribution is 0.0344. The molecule has 4 heteroatoms. The quantitative estimate of drug-likeness (QED) is 0.811. The van der Waals surface area contributed by atoms with Crippen LogP contribution in [0, 0.1) is 5.92 Å². The van der Waals surface area contributed by atoms with Crippen molar-refractivity contribution in [3.63, 3.8) is 0 Å². The Morgan fingerprint density at radius 1 is 1.09 bits per heavy atom. The maximum absolute atomic E-state index is 12.6. The molecule has 3 fully saturated rings. The molecule has 2 amide bonds. The molecule has 3 aliphatic rings. The second kappa shape index (κ2) is 7.87. The number of likely N-dealkylation sites (tertiary alicyclic amines) is 1. The zero-order chi connectivity index (χ0) is 16.1. The highest BCUT2D eigenvalue weighted by Crippen LogP contribution is 2.35. The molecular formula is C19H35N3O. The molecule has 3 rings (SSSR count). The van der Waals surface area contributed by atoms with Crippen molar-refractivity contribution in [1.82, 2.24) is 15.1 Å². The fourth-order valence-electron chi connectivity index (χ4n) is 4.50. The van der Waals surface area contributed by atoms with Gasteiger partial charge in [-0.05, 0) is 64.5 Å². The minimum Gasteiger partial charge on any atom is -0.336 e. The summed E-state index contributed by atoms with van der Waals surface area (Å²) < 4.78 is 0. The Bertz CT molecular complexity index is 382. The highest BCUT2D eigenvalue weighted by molar-refractivity contribution is 5.74. The topological polar surface area (TPSA) is 35.6 Å². The Hall–Kier alpha value is -0.770. The summed E-state index contributed by atoms with van der Waals surface area (Å²) in [6.45, 7) is 7.21. The Labute approximate surface area is 142 Å². The van der Waals surface area contributed by atoms with Gasteiger partial charge in [0.05, 0.1) is 0 Å². The van der Waals surface area contributed by atoms with Crippen molar-refractivity contribution in [2.45, 2.75) is 76.7 Å². The first-order chi connectivity index (χ1) is 11.2. The zero-order valence-corrected chi connectivity index (χ0v) is 15.0. The molecule has 132 valence electrons. The normalized spacial score (nSPS) is 25.1. The van der Waals surface area contributed by atoms with Crippen LogP contribution in [0.25, 0.3) is 0 Å². The lowest BCUT2D eigenvalue weighted by atomic mass is 9.79. The van der Waals surface area contributed by atoms with Crippen LogP contribution in [-0.4, -0.2) is 54.1 Å². The van der Waals surface area contributed by atoms with E-state index in [1.807, 2.05) is 4.90 Å². The first kappa shape index (κ1) is 17.1. The summed E-state index contributed by atoms with van der Waals surface area (Å²) in [6.07, 6.45) is 13.2. The van der Waals surface area contributed by atoms with Crippen molar-refractivity contribution in [3.8, 4) is 0 Å². The molecule has 0 atom stereocenters. The number of carbonyl (C=O) groups excluding carboxylic acids is 1. The van der Waals surface area contributed by atoms with Crippen molar-refractivity contribution in [2.24, 2.45) is 5.92 Å². The van der Waals surface area contributed by atoms with Gasteiger partial charge in [0, 0.05) is 25.2 Å². The van der Waals surface area contributed by atoms with E-state index in [2.05, 4.69) is 17.1 Å². The molecular weight excluding hydrogens is 286 g/mol. The lowest BCUT2D eigenvalue weighted by Gasteiger charge is -2.48. The first-order valence-electron chi connectivity index (χ1n) is 10.0. The third-order valence-corrected chi connectivity index (χ3v) is 6.22. The van der Waals surface area contributed by atoms with Crippen molar-refractivity contribution in [3.05, 3.63) is 0 Å². The van der Waals surface area contributed by atoms with E-state index in [0.717, 1.165) is 25.6 Å². The van der Waals surface area contributed by atoms with Gasteiger partial charge in [-0.1, -0.05) is 25.7 Å². The summed E-state index contributed by atoms with van der Waals surface area (Å²) >= 11 is 0. The number of nitrogens with one attached hydrogen (secondary N) is 1. The van der Waals surface area contributed by atoms with Crippen LogP contribution in [0.4, 0.5) is 4.79 Å². The number of rotatable bonds is 6. The standard InChI is InChI=1S/C19H35N3O/c1-2-21(15-17-9-10-17)18(23)20-16-19(11-5-3-6-12-19)22-13-7-4-8-14-22/h17H,2-16H2,1H3,(H,20,23). The lowest BCUT2D eigenvalue weighted by Crippen LogP contribution is -2.59. The molecule has 0 radical (unpaired) electrons. The molecule has 2 saturated carbocycles. The molecule has 0 aromatic rings. The molecule has 1 aliphatic heterocycles. The maximum Gasteiger partial charge on any atom is 0.317 e. The van der Waals surface area contributed by atoms with E-state index in [-0.39, 0.29) is 11.6 Å². The second-order valence-electron chi connectivity index (χ2n) is 7.97. The van der Waals surface area contributed by atoms with Crippen LogP contribution in [0.15, 0.2) is 0 Å². The van der Waals surface area contributed by atoms with Crippen LogP contribution < -0.4 is 5.32 Å². The smallest absolute Gasteiger partial charge is 0.317 e. The number of hydrogen-bond acceptors (Lipinski definition) is 2. The van der Waals surface area contributed by atoms with E-state index in [0.29, 0.717) is 0 Å². The van der Waals surface area contributed by atoms with Crippen molar-refractivity contribution >= 4 is 6.03 Å². The van der Waals surface area contributed by atoms with Gasteiger partial charge < -0.3 is 10.2 Å². The fourth-order valence-corrected chi connectivity index (χ4v) is 4.50. The minimum atomic E-state index is 0.168. The van der Waals surface area contributed by atoms with Crippen LogP contribution in [0.2, 0.25) is 0 Å². The van der Waals surface area contributed by atoms with E-state index < -0.39 is 0 Å². The molecule has 0 spiro atoms. The molecule has 1 heterocycles. The first-order valence-corrected chi connectivity index (χ1v) is 10.0. The van der Waals surface area contributed by atoms with Crippen LogP contribution in [0.1, 0.15) is 71.1 Å². The molecule has 0 aromatic carbocycles. The van der Waals surface area contributed by atoms with Crippen molar-refractivity contribution < 1.29 is 4.79 Å². The van der Waals surface area contributed by atoms with Crippen LogP contribution in [0.3, 0.4) is 0 Å². The highest BCUT2D eigenvalue weighted by atomic mass is 16.2. The third kappa shape index (κ3) is 4.40. The van der Waals surface area contributed by atoms with Gasteiger partial charge >= 0.3 is 6.03 Å². The van der Waals surface area contributed by atoms with Gasteiger partial charge in [-0.25, -0.2) is 4.79 Å². The van der Waals surface area contributed by atoms with Gasteiger partial charge in [-0.2, -0.15) is 0 Å². The molecule has 2 aliphatic carbocycles. The van der Waals surface area contributed by atoms with E-state index in [4.69, 9.17) is 0 Å². The molecule has 0 bridgehead atoms. The number of carbonyl (C=O) groups is 1. The number of amides is 2. The fraction of sp³-hybridized carbons (Fsp3) is 0.947. The van der Waals surface area contributed by atoms with Crippen LogP contribution >= 0.6 is 0 Å². The van der Waals surface area contributed by atoms with Crippen LogP contribution in [-0.2, 0) is 0 Å². The average molecular weight is 322 g/mol. The average Bonchev–Trinajstić information content (AvgIpc) is 3.43. The van der Waals surface area contributed by atoms with Crippen molar-refractivity contribution in [1.29, 1.82) is 0 Å². The van der Waals surface area contributed by atoms with E-state index >= 15 is 0 Å². The Morgan fingerprint density at radius 2 is 1.74 bits per heavy atom. The molecule has 1 saturated heterocycles. The largest absolute Gasteiger partial charge is 0.336 e. The van der Waals surface area contributed by atoms with E-state index in [1.54, 1.807) is 0 Å². The molecule has 0 unspecified atom stereocenters. The summed E-state index contributed by atoms with van der Waals surface area (Å²) in [7, 11) is 0. The highest BCUT2D eigenvalue weighted by Gasteiger charge is 2.39. The number of piperidine rings is 1. The third-order valence-electron chi connectivity index (χ3n) is 6.22. The minimum absolute atomic E-state index is 0.168. The van der Waals surface area contributed by atoms with Gasteiger partial charge in [0.25, 0.3) is 0 Å². The number of urea groups is 1. The zero-order valence-electron chi connectivity index (χ0n) is 15.0. The summed E-state index contributed by atoms with van der Waals surface area (Å²) in [6, 6.07) is 0.168. The SMILES string of the molecule is CCN(CC1CC1)C(=O)NCC1(N2CCCCC2)CCCCC1. The Balaban J connectivity index is 1.57. The second-order valence-corrected chi connectivity index (χ2v) is 7.97. The summed E-state index contributed by atoms with van der Waals surface area (Å²) in [5, 5.41) is 3.32. The summed E-state index contributed by atoms with van der Waals surface area (Å²) in [5.74, 6) is 0.770. The summed E-state index contributed by atoms with van der Waals surface area (Å²) in [5.41, 5.74) is 0.243. The van der Waals surface area contributed by atoms with Gasteiger partial charge in [-0.15, -0.1) is 0 Å². The summed E-state index contributed by atoms with van der Waals surface area (Å²) in [4.78, 5) is 17.3. The molecule has 23 heavy (non-hydrogen) atoms. The van der Waals surface area contributed by atoms with Crippen molar-refractivity contribution in [2.75, 3.05) is 32.7 Å². The molecule has 0 aromatic heterocycles. The molecule has 4 nitrogen and oxygen atoms in total. The number of nitrogens with zero attached hydrogens (tertiary/aromatic N) is 2.